The minimum absolute atomic E-state index is 0.00718. The highest BCUT2D eigenvalue weighted by molar-refractivity contribution is 5.86. The molecule has 0 bridgehead atoms. The zero-order valence-electron chi connectivity index (χ0n) is 24.3. The topological polar surface area (TPSA) is 80.7 Å². The van der Waals surface area contributed by atoms with Crippen molar-refractivity contribution in [2.75, 3.05) is 0 Å². The molecule has 0 radical (unpaired) electrons. The second kappa shape index (κ2) is 9.38. The molecule has 0 unspecified atom stereocenters. The molecule has 4 aliphatic carbocycles. The molecule has 1 N–H and O–H groups in total. The summed E-state index contributed by atoms with van der Waals surface area (Å²) in [5.74, 6) is 0.652. The van der Waals surface area contributed by atoms with Crippen LogP contribution in [-0.2, 0) is 19.1 Å². The van der Waals surface area contributed by atoms with Crippen molar-refractivity contribution in [3.63, 3.8) is 0 Å². The predicted molar refractivity (Wildman–Crippen MR) is 145 cm³/mol. The number of rotatable bonds is 6. The number of allylic oxidation sites excluding steroid dienone is 2. The number of carbonyl (C=O) groups is 3. The molecule has 37 heavy (non-hydrogen) atoms. The van der Waals surface area contributed by atoms with Crippen LogP contribution in [0.4, 0.5) is 0 Å². The average molecular weight is 513 g/mol. The zero-order valence-corrected chi connectivity index (χ0v) is 24.3. The van der Waals surface area contributed by atoms with Crippen molar-refractivity contribution in [3.05, 3.63) is 23.3 Å². The lowest BCUT2D eigenvalue weighted by Crippen LogP contribution is -2.61. The molecular formula is C32H48O5. The van der Waals surface area contributed by atoms with Crippen LogP contribution < -0.4 is 0 Å². The molecule has 206 valence electrons. The third kappa shape index (κ3) is 4.23. The van der Waals surface area contributed by atoms with Gasteiger partial charge in [-0.25, -0.2) is 4.79 Å². The third-order valence-electron chi connectivity index (χ3n) is 12.0. The Hall–Kier alpha value is -1.91. The molecule has 0 amide bonds. The van der Waals surface area contributed by atoms with E-state index in [-0.39, 0.29) is 40.0 Å². The van der Waals surface area contributed by atoms with Crippen LogP contribution in [0.1, 0.15) is 107 Å². The van der Waals surface area contributed by atoms with Crippen LogP contribution in [0, 0.1) is 45.3 Å². The van der Waals surface area contributed by atoms with Gasteiger partial charge in [0.1, 0.15) is 11.9 Å². The molecule has 0 heterocycles. The number of esters is 1. The Labute approximate surface area is 223 Å². The summed E-state index contributed by atoms with van der Waals surface area (Å²) < 4.78 is 6.03. The van der Waals surface area contributed by atoms with Crippen LogP contribution in [-0.4, -0.2) is 28.9 Å². The quantitative estimate of drug-likeness (QED) is 0.232. The Morgan fingerprint density at radius 1 is 1.11 bits per heavy atom. The van der Waals surface area contributed by atoms with Gasteiger partial charge in [-0.05, 0) is 91.9 Å². The number of Topliss-reactive ketones (excluding diaryl/α,β-unsaturated/α-hetero) is 1. The highest BCUT2D eigenvalue weighted by atomic mass is 16.5. The van der Waals surface area contributed by atoms with Crippen LogP contribution in [0.15, 0.2) is 23.3 Å². The molecule has 0 aromatic heterocycles. The largest absolute Gasteiger partial charge is 0.478 e. The number of ether oxygens (including phenoxy) is 1. The molecule has 8 atom stereocenters. The molecule has 3 saturated carbocycles. The third-order valence-corrected chi connectivity index (χ3v) is 12.0. The summed E-state index contributed by atoms with van der Waals surface area (Å²) in [6.45, 7) is 17.0. The number of fused-ring (bicyclic) bond motifs is 5. The van der Waals surface area contributed by atoms with E-state index < -0.39 is 11.4 Å². The van der Waals surface area contributed by atoms with E-state index >= 15 is 0 Å². The molecule has 0 aromatic rings. The molecule has 0 aliphatic heterocycles. The maximum atomic E-state index is 13.1. The average Bonchev–Trinajstić information content (AvgIpc) is 3.07. The Bertz CT molecular complexity index is 1040. The standard InChI is InChI=1S/C32H48O5/c1-19(10-9-11-20(2)28(35)36)22-12-16-32(8)24-18-25(37-21(3)33)27-29(4,5)26(34)14-15-30(27,6)23(24)13-17-31(22,32)7/h11,18-19,22-23,25,27H,9-10,12-17H2,1-8H3,(H,35,36)/b20-11+/t19-,22-,23-,25-,27+,30-,31-,32+/m1/s1. The van der Waals surface area contributed by atoms with E-state index in [9.17, 15) is 19.5 Å². The Morgan fingerprint density at radius 3 is 2.41 bits per heavy atom. The zero-order chi connectivity index (χ0) is 27.6. The van der Waals surface area contributed by atoms with Crippen molar-refractivity contribution in [2.45, 2.75) is 113 Å². The lowest BCUT2D eigenvalue weighted by molar-refractivity contribution is -0.172. The van der Waals surface area contributed by atoms with Gasteiger partial charge in [-0.1, -0.05) is 53.2 Å². The van der Waals surface area contributed by atoms with Gasteiger partial charge in [-0.15, -0.1) is 0 Å². The van der Waals surface area contributed by atoms with E-state index in [1.165, 1.54) is 25.3 Å². The summed E-state index contributed by atoms with van der Waals surface area (Å²) in [6, 6.07) is 0. The van der Waals surface area contributed by atoms with Crippen LogP contribution in [0.2, 0.25) is 0 Å². The van der Waals surface area contributed by atoms with E-state index in [0.717, 1.165) is 32.1 Å². The second-order valence-corrected chi connectivity index (χ2v) is 14.1. The van der Waals surface area contributed by atoms with Gasteiger partial charge >= 0.3 is 11.9 Å². The normalized spacial score (nSPS) is 41.7. The fourth-order valence-electron chi connectivity index (χ4n) is 9.73. The predicted octanol–water partition coefficient (Wildman–Crippen LogP) is 7.15. The molecule has 0 spiro atoms. The maximum absolute atomic E-state index is 13.1. The van der Waals surface area contributed by atoms with Crippen LogP contribution in [0.3, 0.4) is 0 Å². The van der Waals surface area contributed by atoms with Crippen molar-refractivity contribution < 1.29 is 24.2 Å². The molecule has 4 rings (SSSR count). The highest BCUT2D eigenvalue weighted by Crippen LogP contribution is 2.73. The van der Waals surface area contributed by atoms with E-state index in [0.29, 0.717) is 29.7 Å². The Morgan fingerprint density at radius 2 is 1.78 bits per heavy atom. The first-order valence-electron chi connectivity index (χ1n) is 14.4. The summed E-state index contributed by atoms with van der Waals surface area (Å²) in [7, 11) is 0. The van der Waals surface area contributed by atoms with Gasteiger partial charge in [-0.3, -0.25) is 9.59 Å². The van der Waals surface area contributed by atoms with Gasteiger partial charge in [-0.2, -0.15) is 0 Å². The van der Waals surface area contributed by atoms with E-state index in [1.807, 2.05) is 6.08 Å². The number of carbonyl (C=O) groups excluding carboxylic acids is 2. The minimum Gasteiger partial charge on any atom is -0.478 e. The SMILES string of the molecule is CC(=O)O[C@@H]1C=C2[C@@H](CC[C@]3(C)[C@@H]([C@H](C)CC/C=C(\C)C(=O)O)CC[C@@]23C)[C@@]2(C)CCC(=O)C(C)(C)[C@H]12. The van der Waals surface area contributed by atoms with Crippen molar-refractivity contribution in [2.24, 2.45) is 45.3 Å². The van der Waals surface area contributed by atoms with Crippen LogP contribution >= 0.6 is 0 Å². The van der Waals surface area contributed by atoms with Gasteiger partial charge in [0.15, 0.2) is 0 Å². The molecule has 5 nitrogen and oxygen atoms in total. The number of carboxylic acid groups (broad SMARTS) is 1. The number of hydrogen-bond donors (Lipinski definition) is 1. The molecular weight excluding hydrogens is 464 g/mol. The summed E-state index contributed by atoms with van der Waals surface area (Å²) in [5, 5.41) is 9.20. The van der Waals surface area contributed by atoms with Crippen molar-refractivity contribution >= 4 is 17.7 Å². The molecule has 0 aromatic carbocycles. The maximum Gasteiger partial charge on any atom is 0.330 e. The molecule has 4 aliphatic rings. The van der Waals surface area contributed by atoms with E-state index in [1.54, 1.807) is 6.92 Å². The fourth-order valence-corrected chi connectivity index (χ4v) is 9.73. The number of hydrogen-bond acceptors (Lipinski definition) is 4. The summed E-state index contributed by atoms with van der Waals surface area (Å²) in [6.07, 6.45) is 11.6. The first-order valence-corrected chi connectivity index (χ1v) is 14.4. The summed E-state index contributed by atoms with van der Waals surface area (Å²) >= 11 is 0. The van der Waals surface area contributed by atoms with Crippen molar-refractivity contribution in [3.8, 4) is 0 Å². The van der Waals surface area contributed by atoms with Gasteiger partial charge in [0.2, 0.25) is 0 Å². The Balaban J connectivity index is 1.69. The first-order chi connectivity index (χ1) is 17.1. The highest BCUT2D eigenvalue weighted by Gasteiger charge is 2.67. The van der Waals surface area contributed by atoms with Crippen molar-refractivity contribution in [1.82, 2.24) is 0 Å². The minimum atomic E-state index is -0.836. The van der Waals surface area contributed by atoms with Gasteiger partial charge < -0.3 is 9.84 Å². The number of aliphatic carboxylic acids is 1. The first kappa shape index (κ1) is 28.1. The summed E-state index contributed by atoms with van der Waals surface area (Å²) in [4.78, 5) is 36.6. The van der Waals surface area contributed by atoms with Crippen LogP contribution in [0.25, 0.3) is 0 Å². The van der Waals surface area contributed by atoms with Gasteiger partial charge in [0, 0.05) is 30.3 Å². The number of ketones is 1. The Kier molecular flexibility index (Phi) is 7.12. The second-order valence-electron chi connectivity index (χ2n) is 14.1. The molecule has 0 saturated heterocycles. The molecule has 3 fully saturated rings. The fraction of sp³-hybridized carbons (Fsp3) is 0.781. The lowest BCUT2D eigenvalue weighted by atomic mass is 9.40. The van der Waals surface area contributed by atoms with E-state index in [2.05, 4.69) is 47.6 Å². The lowest BCUT2D eigenvalue weighted by Gasteiger charge is -2.64. The van der Waals surface area contributed by atoms with Gasteiger partial charge in [0.05, 0.1) is 0 Å². The van der Waals surface area contributed by atoms with Gasteiger partial charge in [0.25, 0.3) is 0 Å². The number of carboxylic acids is 1. The monoisotopic (exact) mass is 512 g/mol. The molecule has 5 heteroatoms. The smallest absolute Gasteiger partial charge is 0.330 e. The van der Waals surface area contributed by atoms with Crippen LogP contribution in [0.5, 0.6) is 0 Å². The van der Waals surface area contributed by atoms with E-state index in [4.69, 9.17) is 4.74 Å². The summed E-state index contributed by atoms with van der Waals surface area (Å²) in [5.41, 5.74) is 1.48. The van der Waals surface area contributed by atoms with Crippen molar-refractivity contribution in [1.29, 1.82) is 0 Å².